The number of unbranched alkanes of at least 4 members (excludes halogenated alkanes) is 7. The lowest BCUT2D eigenvalue weighted by molar-refractivity contribution is -0.112. The second-order valence-electron chi connectivity index (χ2n) is 7.45. The normalized spacial score (nSPS) is 25.3. The van der Waals surface area contributed by atoms with Gasteiger partial charge in [-0.15, -0.1) is 0 Å². The quantitative estimate of drug-likeness (QED) is 0.327. The van der Waals surface area contributed by atoms with Crippen molar-refractivity contribution in [3.05, 3.63) is 22.8 Å². The molecule has 0 aromatic carbocycles. The van der Waals surface area contributed by atoms with Gasteiger partial charge in [-0.05, 0) is 27.2 Å². The minimum absolute atomic E-state index is 0.0353. The second kappa shape index (κ2) is 9.33. The molecule has 0 heterocycles. The van der Waals surface area contributed by atoms with Crippen LogP contribution in [0.5, 0.6) is 0 Å². The maximum Gasteiger partial charge on any atom is 0.127 e. The third-order valence-electron chi connectivity index (χ3n) is 5.79. The fraction of sp³-hybridized carbons (Fsp3) is 0.762. The lowest BCUT2D eigenvalue weighted by Crippen LogP contribution is -2.33. The number of rotatable bonds is 10. The highest BCUT2D eigenvalue weighted by molar-refractivity contribution is 5.64. The van der Waals surface area contributed by atoms with Gasteiger partial charge in [0.2, 0.25) is 0 Å². The molecule has 1 rings (SSSR count). The molecule has 1 aliphatic carbocycles. The van der Waals surface area contributed by atoms with Crippen LogP contribution in [0.3, 0.4) is 0 Å². The van der Waals surface area contributed by atoms with Crippen molar-refractivity contribution < 1.29 is 4.79 Å². The Morgan fingerprint density at radius 3 is 2.09 bits per heavy atom. The molecule has 1 heteroatoms. The molecular weight excluding hydrogens is 268 g/mol. The molecule has 0 spiro atoms. The average Bonchev–Trinajstić information content (AvgIpc) is 2.49. The van der Waals surface area contributed by atoms with Crippen LogP contribution < -0.4 is 0 Å². The Kier molecular flexibility index (Phi) is 8.14. The lowest BCUT2D eigenvalue weighted by Gasteiger charge is -2.40. The van der Waals surface area contributed by atoms with Crippen molar-refractivity contribution in [2.75, 3.05) is 0 Å². The summed E-state index contributed by atoms with van der Waals surface area (Å²) in [4.78, 5) is 11.7. The molecule has 0 aliphatic heterocycles. The summed E-state index contributed by atoms with van der Waals surface area (Å²) in [5, 5.41) is 0. The molecule has 1 nitrogen and oxygen atoms in total. The molecular formula is C21H36O. The van der Waals surface area contributed by atoms with Gasteiger partial charge < -0.3 is 4.79 Å². The van der Waals surface area contributed by atoms with E-state index < -0.39 is 0 Å². The summed E-state index contributed by atoms with van der Waals surface area (Å²) < 4.78 is 0. The van der Waals surface area contributed by atoms with Crippen LogP contribution in [0.4, 0.5) is 0 Å². The Morgan fingerprint density at radius 1 is 1.00 bits per heavy atom. The highest BCUT2D eigenvalue weighted by Gasteiger charge is 2.38. The van der Waals surface area contributed by atoms with Crippen molar-refractivity contribution in [1.29, 1.82) is 0 Å². The molecule has 0 fully saturated rings. The standard InChI is InChI=1S/C21H36O/c1-6-7-8-9-10-11-12-13-14-21(5)18(3)15-17(2)19(4)20(21)16-22/h15-16,20H,6-14H2,1-5H3. The maximum absolute atomic E-state index is 11.7. The average molecular weight is 305 g/mol. The first kappa shape index (κ1) is 19.2. The van der Waals surface area contributed by atoms with Crippen LogP contribution in [-0.2, 0) is 4.79 Å². The Morgan fingerprint density at radius 2 is 1.55 bits per heavy atom. The van der Waals surface area contributed by atoms with Gasteiger partial charge in [0.15, 0.2) is 0 Å². The highest BCUT2D eigenvalue weighted by Crippen LogP contribution is 2.46. The van der Waals surface area contributed by atoms with Gasteiger partial charge in [0.05, 0.1) is 0 Å². The third-order valence-corrected chi connectivity index (χ3v) is 5.79. The van der Waals surface area contributed by atoms with E-state index in [0.29, 0.717) is 0 Å². The van der Waals surface area contributed by atoms with E-state index >= 15 is 0 Å². The summed E-state index contributed by atoms with van der Waals surface area (Å²) >= 11 is 0. The van der Waals surface area contributed by atoms with E-state index in [0.717, 1.165) is 6.42 Å². The Balaban J connectivity index is 2.43. The zero-order valence-corrected chi connectivity index (χ0v) is 15.5. The first-order valence-electron chi connectivity index (χ1n) is 9.28. The molecule has 126 valence electrons. The van der Waals surface area contributed by atoms with Gasteiger partial charge in [-0.1, -0.05) is 88.0 Å². The smallest absolute Gasteiger partial charge is 0.127 e. The summed E-state index contributed by atoms with van der Waals surface area (Å²) in [5.74, 6) is 0.0713. The predicted molar refractivity (Wildman–Crippen MR) is 97.0 cm³/mol. The van der Waals surface area contributed by atoms with E-state index in [1.165, 1.54) is 74.4 Å². The van der Waals surface area contributed by atoms with Crippen LogP contribution >= 0.6 is 0 Å². The zero-order chi connectivity index (χ0) is 16.6. The molecule has 0 saturated heterocycles. The number of carbonyl (C=O) groups is 1. The number of hydrogen-bond donors (Lipinski definition) is 0. The van der Waals surface area contributed by atoms with Crippen molar-refractivity contribution in [3.8, 4) is 0 Å². The van der Waals surface area contributed by atoms with Gasteiger partial charge in [0.25, 0.3) is 0 Å². The first-order chi connectivity index (χ1) is 10.5. The van der Waals surface area contributed by atoms with Crippen LogP contribution in [0.2, 0.25) is 0 Å². The summed E-state index contributed by atoms with van der Waals surface area (Å²) in [5.41, 5.74) is 3.97. The number of allylic oxidation sites excluding steroid dienone is 4. The molecule has 0 bridgehead atoms. The monoisotopic (exact) mass is 304 g/mol. The fourth-order valence-corrected chi connectivity index (χ4v) is 3.80. The van der Waals surface area contributed by atoms with Gasteiger partial charge in [-0.2, -0.15) is 0 Å². The molecule has 2 atom stereocenters. The third kappa shape index (κ3) is 4.83. The van der Waals surface area contributed by atoms with Gasteiger partial charge in [0.1, 0.15) is 6.29 Å². The van der Waals surface area contributed by atoms with Gasteiger partial charge in [-0.25, -0.2) is 0 Å². The molecule has 0 radical (unpaired) electrons. The van der Waals surface area contributed by atoms with Crippen molar-refractivity contribution in [3.63, 3.8) is 0 Å². The molecule has 0 aromatic rings. The Bertz CT molecular complexity index is 416. The van der Waals surface area contributed by atoms with Gasteiger partial charge in [0, 0.05) is 11.3 Å². The predicted octanol–water partition coefficient (Wildman–Crippen LogP) is 6.63. The lowest BCUT2D eigenvalue weighted by atomic mass is 9.63. The summed E-state index contributed by atoms with van der Waals surface area (Å²) in [6.45, 7) is 11.0. The fourth-order valence-electron chi connectivity index (χ4n) is 3.80. The van der Waals surface area contributed by atoms with Crippen molar-refractivity contribution in [1.82, 2.24) is 0 Å². The number of aldehydes is 1. The van der Waals surface area contributed by atoms with E-state index in [9.17, 15) is 4.79 Å². The molecule has 0 N–H and O–H groups in total. The van der Waals surface area contributed by atoms with E-state index in [-0.39, 0.29) is 11.3 Å². The second-order valence-corrected chi connectivity index (χ2v) is 7.45. The molecule has 2 unspecified atom stereocenters. The van der Waals surface area contributed by atoms with Crippen LogP contribution in [0.1, 0.15) is 92.4 Å². The minimum Gasteiger partial charge on any atom is -0.303 e. The summed E-state index contributed by atoms with van der Waals surface area (Å²) in [7, 11) is 0. The summed E-state index contributed by atoms with van der Waals surface area (Å²) in [6.07, 6.45) is 15.4. The summed E-state index contributed by atoms with van der Waals surface area (Å²) in [6, 6.07) is 0. The molecule has 1 aliphatic rings. The number of carbonyl (C=O) groups excluding carboxylic acids is 1. The van der Waals surface area contributed by atoms with Crippen LogP contribution in [-0.4, -0.2) is 6.29 Å². The van der Waals surface area contributed by atoms with E-state index in [1.807, 2.05) is 0 Å². The topological polar surface area (TPSA) is 17.1 Å². The molecule has 0 aromatic heterocycles. The van der Waals surface area contributed by atoms with Crippen LogP contribution in [0.25, 0.3) is 0 Å². The molecule has 0 amide bonds. The number of hydrogen-bond acceptors (Lipinski definition) is 1. The van der Waals surface area contributed by atoms with Crippen LogP contribution in [0, 0.1) is 11.3 Å². The SMILES string of the molecule is CCCCCCCCCCC1(C)C(C)=CC(C)=C(C)C1C=O. The van der Waals surface area contributed by atoms with Crippen LogP contribution in [0.15, 0.2) is 22.8 Å². The highest BCUT2D eigenvalue weighted by atomic mass is 16.1. The van der Waals surface area contributed by atoms with Crippen molar-refractivity contribution >= 4 is 6.29 Å². The largest absolute Gasteiger partial charge is 0.303 e. The maximum atomic E-state index is 11.7. The minimum atomic E-state index is 0.0353. The molecule has 22 heavy (non-hydrogen) atoms. The van der Waals surface area contributed by atoms with Gasteiger partial charge in [-0.3, -0.25) is 0 Å². The first-order valence-corrected chi connectivity index (χ1v) is 9.28. The van der Waals surface area contributed by atoms with Gasteiger partial charge >= 0.3 is 0 Å². The van der Waals surface area contributed by atoms with E-state index in [2.05, 4.69) is 40.7 Å². The van der Waals surface area contributed by atoms with E-state index in [4.69, 9.17) is 0 Å². The van der Waals surface area contributed by atoms with E-state index in [1.54, 1.807) is 0 Å². The molecule has 0 saturated carbocycles. The van der Waals surface area contributed by atoms with Crippen molar-refractivity contribution in [2.45, 2.75) is 92.4 Å². The Hall–Kier alpha value is -0.850. The Labute approximate surface area is 138 Å². The van der Waals surface area contributed by atoms with Crippen molar-refractivity contribution in [2.24, 2.45) is 11.3 Å². The zero-order valence-electron chi connectivity index (χ0n) is 15.5.